The smallest absolute Gasteiger partial charge is 0.119 e. The van der Waals surface area contributed by atoms with Crippen molar-refractivity contribution in [3.8, 4) is 11.8 Å². The minimum Gasteiger partial charge on any atom is -0.489 e. The maximum absolute atomic E-state index is 8.66. The molecule has 2 rings (SSSR count). The van der Waals surface area contributed by atoms with Gasteiger partial charge in [0.1, 0.15) is 12.4 Å². The maximum Gasteiger partial charge on any atom is 0.119 e. The summed E-state index contributed by atoms with van der Waals surface area (Å²) in [7, 11) is 0. The molecule has 0 radical (unpaired) electrons. The molecule has 2 heteroatoms. The van der Waals surface area contributed by atoms with E-state index in [2.05, 4.69) is 13.0 Å². The van der Waals surface area contributed by atoms with Crippen molar-refractivity contribution in [2.75, 3.05) is 0 Å². The van der Waals surface area contributed by atoms with Gasteiger partial charge in [0.05, 0.1) is 12.5 Å². The van der Waals surface area contributed by atoms with Crippen molar-refractivity contribution in [3.05, 3.63) is 65.2 Å². The molecule has 0 heterocycles. The fourth-order valence-electron chi connectivity index (χ4n) is 1.72. The first-order valence-electron chi connectivity index (χ1n) is 5.92. The lowest BCUT2D eigenvalue weighted by molar-refractivity contribution is 0.306. The Hall–Kier alpha value is -2.27. The topological polar surface area (TPSA) is 33.0 Å². The van der Waals surface area contributed by atoms with E-state index in [-0.39, 0.29) is 0 Å². The Morgan fingerprint density at radius 1 is 1.06 bits per heavy atom. The molecule has 0 aromatic heterocycles. The Kier molecular flexibility index (Phi) is 3.98. The molecule has 0 amide bonds. The quantitative estimate of drug-likeness (QED) is 0.813. The summed E-state index contributed by atoms with van der Waals surface area (Å²) in [6.45, 7) is 2.58. The van der Waals surface area contributed by atoms with Crippen LogP contribution >= 0.6 is 0 Å². The monoisotopic (exact) mass is 237 g/mol. The lowest BCUT2D eigenvalue weighted by atomic mass is 10.1. The molecule has 0 atom stereocenters. The summed E-state index contributed by atoms with van der Waals surface area (Å²) in [5, 5.41) is 8.66. The highest BCUT2D eigenvalue weighted by Gasteiger charge is 1.98. The molecule has 0 fully saturated rings. The van der Waals surface area contributed by atoms with Crippen molar-refractivity contribution < 1.29 is 4.74 Å². The molecular weight excluding hydrogens is 222 g/mol. The molecular formula is C16H15NO. The van der Waals surface area contributed by atoms with Crippen LogP contribution in [0.25, 0.3) is 0 Å². The van der Waals surface area contributed by atoms with Gasteiger partial charge in [0, 0.05) is 0 Å². The van der Waals surface area contributed by atoms with E-state index in [4.69, 9.17) is 10.00 Å². The first-order chi connectivity index (χ1) is 8.78. The molecule has 0 saturated carbocycles. The zero-order valence-electron chi connectivity index (χ0n) is 10.4. The molecule has 0 aliphatic carbocycles. The lowest BCUT2D eigenvalue weighted by Gasteiger charge is -2.07. The van der Waals surface area contributed by atoms with Gasteiger partial charge in [-0.25, -0.2) is 0 Å². The van der Waals surface area contributed by atoms with Crippen LogP contribution in [0, 0.1) is 18.3 Å². The van der Waals surface area contributed by atoms with Gasteiger partial charge in [0.15, 0.2) is 0 Å². The Morgan fingerprint density at radius 3 is 2.50 bits per heavy atom. The summed E-state index contributed by atoms with van der Waals surface area (Å²) in [5.74, 6) is 0.867. The van der Waals surface area contributed by atoms with Crippen molar-refractivity contribution in [1.29, 1.82) is 5.26 Å². The molecule has 0 unspecified atom stereocenters. The summed E-state index contributed by atoms with van der Waals surface area (Å²) in [5.41, 5.74) is 3.34. The molecule has 0 spiro atoms. The van der Waals surface area contributed by atoms with E-state index in [0.717, 1.165) is 16.9 Å². The number of nitriles is 1. The highest BCUT2D eigenvalue weighted by molar-refractivity contribution is 5.28. The van der Waals surface area contributed by atoms with Gasteiger partial charge in [-0.2, -0.15) is 5.26 Å². The van der Waals surface area contributed by atoms with Crippen molar-refractivity contribution in [2.45, 2.75) is 20.0 Å². The molecule has 90 valence electrons. The van der Waals surface area contributed by atoms with Crippen LogP contribution in [0.5, 0.6) is 5.75 Å². The molecule has 0 saturated heterocycles. The molecule has 0 bridgehead atoms. The van der Waals surface area contributed by atoms with Gasteiger partial charge >= 0.3 is 0 Å². The Labute approximate surface area is 107 Å². The Morgan fingerprint density at radius 2 is 1.78 bits per heavy atom. The van der Waals surface area contributed by atoms with E-state index in [0.29, 0.717) is 13.0 Å². The average Bonchev–Trinajstić information content (AvgIpc) is 2.39. The number of nitrogens with zero attached hydrogens (tertiary/aromatic N) is 1. The van der Waals surface area contributed by atoms with Gasteiger partial charge in [0.25, 0.3) is 0 Å². The van der Waals surface area contributed by atoms with Gasteiger partial charge < -0.3 is 4.74 Å². The standard InChI is InChI=1S/C16H15NO/c1-13-5-7-16(8-6-13)18-12-15-4-2-3-14(11-15)9-10-17/h2-8,11H,9,12H2,1H3. The molecule has 0 aliphatic heterocycles. The normalized spacial score (nSPS) is 9.78. The van der Waals surface area contributed by atoms with Crippen molar-refractivity contribution in [1.82, 2.24) is 0 Å². The van der Waals surface area contributed by atoms with E-state index < -0.39 is 0 Å². The predicted octanol–water partition coefficient (Wildman–Crippen LogP) is 3.64. The van der Waals surface area contributed by atoms with Gasteiger partial charge in [-0.3, -0.25) is 0 Å². The second-order valence-corrected chi connectivity index (χ2v) is 4.26. The number of ether oxygens (including phenoxy) is 1. The van der Waals surface area contributed by atoms with Crippen LogP contribution in [0.4, 0.5) is 0 Å². The number of hydrogen-bond acceptors (Lipinski definition) is 2. The summed E-state index contributed by atoms with van der Waals surface area (Å²) < 4.78 is 5.70. The molecule has 2 aromatic carbocycles. The van der Waals surface area contributed by atoms with Crippen molar-refractivity contribution >= 4 is 0 Å². The van der Waals surface area contributed by atoms with Crippen LogP contribution in [0.1, 0.15) is 16.7 Å². The molecule has 2 aromatic rings. The minimum atomic E-state index is 0.443. The number of hydrogen-bond donors (Lipinski definition) is 0. The number of aryl methyl sites for hydroxylation is 1. The van der Waals surface area contributed by atoms with Crippen molar-refractivity contribution in [3.63, 3.8) is 0 Å². The highest BCUT2D eigenvalue weighted by Crippen LogP contribution is 2.14. The molecule has 18 heavy (non-hydrogen) atoms. The number of rotatable bonds is 4. The summed E-state index contributed by atoms with van der Waals surface area (Å²) >= 11 is 0. The third-order valence-corrected chi connectivity index (χ3v) is 2.70. The van der Waals surface area contributed by atoms with E-state index >= 15 is 0 Å². The Balaban J connectivity index is 1.99. The maximum atomic E-state index is 8.66. The van der Waals surface area contributed by atoms with Gasteiger partial charge in [0.2, 0.25) is 0 Å². The van der Waals surface area contributed by atoms with E-state index in [1.54, 1.807) is 0 Å². The third-order valence-electron chi connectivity index (χ3n) is 2.70. The predicted molar refractivity (Wildman–Crippen MR) is 71.3 cm³/mol. The fraction of sp³-hybridized carbons (Fsp3) is 0.188. The average molecular weight is 237 g/mol. The second-order valence-electron chi connectivity index (χ2n) is 4.26. The molecule has 2 nitrogen and oxygen atoms in total. The number of benzene rings is 2. The Bertz CT molecular complexity index is 552. The van der Waals surface area contributed by atoms with Crippen LogP contribution in [0.15, 0.2) is 48.5 Å². The van der Waals surface area contributed by atoms with Crippen LogP contribution < -0.4 is 4.74 Å². The van der Waals surface area contributed by atoms with Crippen LogP contribution in [-0.4, -0.2) is 0 Å². The van der Waals surface area contributed by atoms with Gasteiger partial charge in [-0.1, -0.05) is 42.0 Å². The van der Waals surface area contributed by atoms with Gasteiger partial charge in [-0.05, 0) is 30.2 Å². The summed E-state index contributed by atoms with van der Waals surface area (Å²) in [6, 6.07) is 18.1. The summed E-state index contributed by atoms with van der Waals surface area (Å²) in [4.78, 5) is 0. The lowest BCUT2D eigenvalue weighted by Crippen LogP contribution is -1.96. The SMILES string of the molecule is Cc1ccc(OCc2cccc(CC#N)c2)cc1. The van der Waals surface area contributed by atoms with E-state index in [1.807, 2.05) is 48.5 Å². The van der Waals surface area contributed by atoms with Crippen molar-refractivity contribution in [2.24, 2.45) is 0 Å². The van der Waals surface area contributed by atoms with Crippen LogP contribution in [0.2, 0.25) is 0 Å². The zero-order valence-corrected chi connectivity index (χ0v) is 10.4. The second kappa shape index (κ2) is 5.88. The third kappa shape index (κ3) is 3.36. The first-order valence-corrected chi connectivity index (χ1v) is 5.92. The largest absolute Gasteiger partial charge is 0.489 e. The first kappa shape index (κ1) is 12.2. The van der Waals surface area contributed by atoms with Crippen LogP contribution in [0.3, 0.4) is 0 Å². The minimum absolute atomic E-state index is 0.443. The fourth-order valence-corrected chi connectivity index (χ4v) is 1.72. The highest BCUT2D eigenvalue weighted by atomic mass is 16.5. The summed E-state index contributed by atoms with van der Waals surface area (Å²) in [6.07, 6.45) is 0.443. The molecule has 0 aliphatic rings. The van der Waals surface area contributed by atoms with E-state index in [1.165, 1.54) is 5.56 Å². The van der Waals surface area contributed by atoms with Gasteiger partial charge in [-0.15, -0.1) is 0 Å². The zero-order chi connectivity index (χ0) is 12.8. The van der Waals surface area contributed by atoms with E-state index in [9.17, 15) is 0 Å². The molecule has 0 N–H and O–H groups in total. The van der Waals surface area contributed by atoms with Crippen LogP contribution in [-0.2, 0) is 13.0 Å².